The molecule has 3 rings (SSSR count). The van der Waals surface area contributed by atoms with E-state index in [4.69, 9.17) is 4.42 Å². The van der Waals surface area contributed by atoms with Gasteiger partial charge in [0.1, 0.15) is 5.76 Å². The molecule has 4 heteroatoms. The molecule has 0 bridgehead atoms. The van der Waals surface area contributed by atoms with Crippen LogP contribution in [0.4, 0.5) is 0 Å². The third kappa shape index (κ3) is 2.71. The fourth-order valence-electron chi connectivity index (χ4n) is 2.06. The first-order chi connectivity index (χ1) is 8.83. The average molecular weight is 261 g/mol. The van der Waals surface area contributed by atoms with Gasteiger partial charge in [0.25, 0.3) is 0 Å². The van der Waals surface area contributed by atoms with E-state index in [9.17, 15) is 4.79 Å². The molecule has 3 nitrogen and oxygen atoms in total. The highest BCUT2D eigenvalue weighted by Crippen LogP contribution is 2.28. The van der Waals surface area contributed by atoms with E-state index in [0.717, 1.165) is 17.2 Å². The number of hydrogen-bond acceptors (Lipinski definition) is 4. The Hall–Kier alpha value is -1.39. The third-order valence-electron chi connectivity index (χ3n) is 3.14. The number of thiophene rings is 1. The normalized spacial score (nSPS) is 15.2. The summed E-state index contributed by atoms with van der Waals surface area (Å²) in [6.07, 6.45) is 4.07. The number of carbonyl (C=O) groups is 1. The summed E-state index contributed by atoms with van der Waals surface area (Å²) in [4.78, 5) is 15.2. The molecule has 1 saturated carbocycles. The Morgan fingerprint density at radius 3 is 2.89 bits per heavy atom. The number of rotatable bonds is 6. The minimum atomic E-state index is 0.212. The zero-order chi connectivity index (χ0) is 12.4. The first-order valence-corrected chi connectivity index (χ1v) is 7.04. The van der Waals surface area contributed by atoms with Gasteiger partial charge in [-0.1, -0.05) is 6.07 Å². The minimum absolute atomic E-state index is 0.212. The molecule has 2 aromatic rings. The summed E-state index contributed by atoms with van der Waals surface area (Å²) in [7, 11) is 0. The zero-order valence-corrected chi connectivity index (χ0v) is 10.9. The Morgan fingerprint density at radius 1 is 1.39 bits per heavy atom. The van der Waals surface area contributed by atoms with E-state index in [1.807, 2.05) is 29.6 Å². The number of carbonyl (C=O) groups excluding carboxylic acids is 1. The molecule has 0 saturated heterocycles. The van der Waals surface area contributed by atoms with Crippen molar-refractivity contribution in [2.45, 2.75) is 25.4 Å². The first-order valence-electron chi connectivity index (χ1n) is 6.16. The van der Waals surface area contributed by atoms with Gasteiger partial charge in [0, 0.05) is 6.04 Å². The van der Waals surface area contributed by atoms with E-state index in [-0.39, 0.29) is 5.78 Å². The van der Waals surface area contributed by atoms with Gasteiger partial charge in [-0.2, -0.15) is 0 Å². The summed E-state index contributed by atoms with van der Waals surface area (Å²) in [5, 5.41) is 1.95. The minimum Gasteiger partial charge on any atom is -0.468 e. The Morgan fingerprint density at radius 2 is 2.28 bits per heavy atom. The summed E-state index contributed by atoms with van der Waals surface area (Å²) >= 11 is 1.51. The van der Waals surface area contributed by atoms with Gasteiger partial charge in [-0.3, -0.25) is 9.69 Å². The number of ketones is 1. The van der Waals surface area contributed by atoms with Crippen molar-refractivity contribution in [3.05, 3.63) is 46.5 Å². The summed E-state index contributed by atoms with van der Waals surface area (Å²) in [5.74, 6) is 1.14. The molecule has 2 heterocycles. The molecule has 0 atom stereocenters. The molecule has 0 amide bonds. The Balaban J connectivity index is 1.65. The quantitative estimate of drug-likeness (QED) is 0.749. The highest BCUT2D eigenvalue weighted by molar-refractivity contribution is 7.12. The van der Waals surface area contributed by atoms with E-state index in [0.29, 0.717) is 12.6 Å². The van der Waals surface area contributed by atoms with Crippen LogP contribution in [0.1, 0.15) is 28.3 Å². The van der Waals surface area contributed by atoms with Crippen molar-refractivity contribution in [1.29, 1.82) is 0 Å². The van der Waals surface area contributed by atoms with Crippen molar-refractivity contribution in [3.8, 4) is 0 Å². The predicted molar refractivity (Wildman–Crippen MR) is 70.8 cm³/mol. The van der Waals surface area contributed by atoms with Crippen molar-refractivity contribution in [3.63, 3.8) is 0 Å². The maximum Gasteiger partial charge on any atom is 0.186 e. The zero-order valence-electron chi connectivity index (χ0n) is 10.0. The number of nitrogens with zero attached hydrogens (tertiary/aromatic N) is 1. The smallest absolute Gasteiger partial charge is 0.186 e. The van der Waals surface area contributed by atoms with E-state index < -0.39 is 0 Å². The lowest BCUT2D eigenvalue weighted by atomic mass is 10.2. The second-order valence-corrected chi connectivity index (χ2v) is 5.56. The number of Topliss-reactive ketones (excluding diaryl/α,β-unsaturated/α-hetero) is 1. The Kier molecular flexibility index (Phi) is 3.30. The Labute approximate surface area is 110 Å². The second-order valence-electron chi connectivity index (χ2n) is 4.62. The van der Waals surface area contributed by atoms with Crippen LogP contribution in [0.15, 0.2) is 40.3 Å². The van der Waals surface area contributed by atoms with E-state index in [1.165, 1.54) is 24.2 Å². The number of hydrogen-bond donors (Lipinski definition) is 0. The molecule has 0 unspecified atom stereocenters. The van der Waals surface area contributed by atoms with Gasteiger partial charge < -0.3 is 4.42 Å². The average Bonchev–Trinajstić information content (AvgIpc) is 2.88. The van der Waals surface area contributed by atoms with Crippen LogP contribution >= 0.6 is 11.3 Å². The molecule has 0 N–H and O–H groups in total. The Bertz CT molecular complexity index is 500. The highest BCUT2D eigenvalue weighted by atomic mass is 32.1. The van der Waals surface area contributed by atoms with E-state index in [1.54, 1.807) is 6.26 Å². The molecule has 94 valence electrons. The van der Waals surface area contributed by atoms with Crippen molar-refractivity contribution >= 4 is 17.1 Å². The SMILES string of the molecule is O=C(CN(Cc1ccco1)C1CC1)c1cccs1. The molecule has 1 fully saturated rings. The first kappa shape index (κ1) is 11.7. The maximum absolute atomic E-state index is 12.1. The van der Waals surface area contributed by atoms with Crippen LogP contribution in [-0.2, 0) is 6.54 Å². The molecule has 0 aromatic carbocycles. The van der Waals surface area contributed by atoms with Gasteiger partial charge in [0.15, 0.2) is 5.78 Å². The van der Waals surface area contributed by atoms with Crippen LogP contribution in [0.25, 0.3) is 0 Å². The predicted octanol–water partition coefficient (Wildman–Crippen LogP) is 3.19. The lowest BCUT2D eigenvalue weighted by Gasteiger charge is -2.19. The fourth-order valence-corrected chi connectivity index (χ4v) is 2.71. The van der Waals surface area contributed by atoms with Crippen LogP contribution in [0.5, 0.6) is 0 Å². The molecule has 2 aromatic heterocycles. The van der Waals surface area contributed by atoms with Crippen LogP contribution in [0.3, 0.4) is 0 Å². The molecule has 1 aliphatic rings. The van der Waals surface area contributed by atoms with Gasteiger partial charge in [0.05, 0.1) is 24.2 Å². The summed E-state index contributed by atoms with van der Waals surface area (Å²) in [5.41, 5.74) is 0. The van der Waals surface area contributed by atoms with E-state index >= 15 is 0 Å². The lowest BCUT2D eigenvalue weighted by Crippen LogP contribution is -2.31. The van der Waals surface area contributed by atoms with Gasteiger partial charge in [-0.25, -0.2) is 0 Å². The molecule has 1 aliphatic carbocycles. The van der Waals surface area contributed by atoms with Crippen molar-refractivity contribution in [1.82, 2.24) is 4.90 Å². The van der Waals surface area contributed by atoms with Crippen LogP contribution in [0, 0.1) is 0 Å². The van der Waals surface area contributed by atoms with Crippen LogP contribution in [-0.4, -0.2) is 23.3 Å². The second kappa shape index (κ2) is 5.08. The number of furan rings is 1. The third-order valence-corrected chi connectivity index (χ3v) is 4.06. The lowest BCUT2D eigenvalue weighted by molar-refractivity contribution is 0.0917. The summed E-state index contributed by atoms with van der Waals surface area (Å²) < 4.78 is 5.36. The van der Waals surface area contributed by atoms with E-state index in [2.05, 4.69) is 4.90 Å². The molecular weight excluding hydrogens is 246 g/mol. The molecule has 0 radical (unpaired) electrons. The fraction of sp³-hybridized carbons (Fsp3) is 0.357. The summed E-state index contributed by atoms with van der Waals surface area (Å²) in [6.45, 7) is 1.22. The monoisotopic (exact) mass is 261 g/mol. The maximum atomic E-state index is 12.1. The molecular formula is C14H15NO2S. The summed E-state index contributed by atoms with van der Waals surface area (Å²) in [6, 6.07) is 8.22. The van der Waals surface area contributed by atoms with Gasteiger partial charge >= 0.3 is 0 Å². The topological polar surface area (TPSA) is 33.5 Å². The van der Waals surface area contributed by atoms with Crippen molar-refractivity contribution in [2.75, 3.05) is 6.54 Å². The van der Waals surface area contributed by atoms with Gasteiger partial charge in [-0.15, -0.1) is 11.3 Å². The van der Waals surface area contributed by atoms with Crippen LogP contribution in [0.2, 0.25) is 0 Å². The highest BCUT2D eigenvalue weighted by Gasteiger charge is 2.31. The largest absolute Gasteiger partial charge is 0.468 e. The molecule has 0 spiro atoms. The van der Waals surface area contributed by atoms with Crippen LogP contribution < -0.4 is 0 Å². The standard InChI is InChI=1S/C14H15NO2S/c16-13(14-4-2-8-18-14)10-15(11-5-6-11)9-12-3-1-7-17-12/h1-4,7-8,11H,5-6,9-10H2. The molecule has 18 heavy (non-hydrogen) atoms. The van der Waals surface area contributed by atoms with Crippen molar-refractivity contribution in [2.24, 2.45) is 0 Å². The van der Waals surface area contributed by atoms with Gasteiger partial charge in [0.2, 0.25) is 0 Å². The van der Waals surface area contributed by atoms with Gasteiger partial charge in [-0.05, 0) is 36.4 Å². The molecule has 0 aliphatic heterocycles. The van der Waals surface area contributed by atoms with Crippen molar-refractivity contribution < 1.29 is 9.21 Å².